The number of benzene rings is 2. The largest absolute Gasteiger partial charge is 0.508 e. The molecule has 0 radical (unpaired) electrons. The van der Waals surface area contributed by atoms with Crippen molar-refractivity contribution in [2.24, 2.45) is 0 Å². The number of hydrogen-bond donors (Lipinski definition) is 2. The molecule has 4 amide bonds. The number of carbonyl (C=O) groups is 3. The SMILES string of the molecule is CCOc1ccc(/C=C2\C(=O)NC(=O)N(c3ccc(O)cc3)C2=O)cc1Cl. The van der Waals surface area contributed by atoms with E-state index in [1.807, 2.05) is 6.92 Å². The van der Waals surface area contributed by atoms with E-state index in [9.17, 15) is 19.5 Å². The van der Waals surface area contributed by atoms with Gasteiger partial charge >= 0.3 is 6.03 Å². The number of nitrogens with one attached hydrogen (secondary N) is 1. The molecule has 2 N–H and O–H groups in total. The number of carbonyl (C=O) groups excluding carboxylic acids is 3. The van der Waals surface area contributed by atoms with E-state index >= 15 is 0 Å². The minimum absolute atomic E-state index is 0.0144. The van der Waals surface area contributed by atoms with Crippen LogP contribution in [0.3, 0.4) is 0 Å². The van der Waals surface area contributed by atoms with Crippen LogP contribution in [0.2, 0.25) is 5.02 Å². The van der Waals surface area contributed by atoms with Crippen molar-refractivity contribution in [2.75, 3.05) is 11.5 Å². The van der Waals surface area contributed by atoms with Gasteiger partial charge in [-0.1, -0.05) is 17.7 Å². The second-order valence-corrected chi connectivity index (χ2v) is 6.00. The predicted octanol–water partition coefficient (Wildman–Crippen LogP) is 3.11. The Hall–Kier alpha value is -3.32. The van der Waals surface area contributed by atoms with Gasteiger partial charge in [0.1, 0.15) is 17.1 Å². The van der Waals surface area contributed by atoms with Crippen molar-refractivity contribution >= 4 is 41.2 Å². The molecule has 1 aliphatic heterocycles. The first kappa shape index (κ1) is 18.5. The summed E-state index contributed by atoms with van der Waals surface area (Å²) >= 11 is 6.13. The van der Waals surface area contributed by atoms with Gasteiger partial charge in [0.25, 0.3) is 11.8 Å². The zero-order valence-corrected chi connectivity index (χ0v) is 15.0. The summed E-state index contributed by atoms with van der Waals surface area (Å²) in [6, 6.07) is 9.43. The Labute approximate surface area is 159 Å². The molecule has 0 saturated carbocycles. The number of ether oxygens (including phenoxy) is 1. The van der Waals surface area contributed by atoms with E-state index in [0.29, 0.717) is 22.9 Å². The third kappa shape index (κ3) is 3.78. The van der Waals surface area contributed by atoms with Crippen molar-refractivity contribution in [2.45, 2.75) is 6.92 Å². The number of amides is 4. The quantitative estimate of drug-likeness (QED) is 0.621. The lowest BCUT2D eigenvalue weighted by Crippen LogP contribution is -2.54. The Morgan fingerprint density at radius 1 is 1.15 bits per heavy atom. The molecule has 138 valence electrons. The number of anilines is 1. The van der Waals surface area contributed by atoms with Crippen LogP contribution in [0.25, 0.3) is 6.08 Å². The molecule has 1 heterocycles. The summed E-state index contributed by atoms with van der Waals surface area (Å²) in [5.41, 5.74) is 0.503. The molecule has 8 heteroatoms. The highest BCUT2D eigenvalue weighted by atomic mass is 35.5. The van der Waals surface area contributed by atoms with E-state index in [0.717, 1.165) is 4.90 Å². The van der Waals surface area contributed by atoms with Crippen LogP contribution in [-0.4, -0.2) is 29.6 Å². The fourth-order valence-electron chi connectivity index (χ4n) is 2.54. The van der Waals surface area contributed by atoms with Crippen LogP contribution >= 0.6 is 11.6 Å². The number of aromatic hydroxyl groups is 1. The van der Waals surface area contributed by atoms with Gasteiger partial charge in [0, 0.05) is 0 Å². The van der Waals surface area contributed by atoms with Gasteiger partial charge in [-0.15, -0.1) is 0 Å². The third-order valence-corrected chi connectivity index (χ3v) is 4.07. The molecule has 27 heavy (non-hydrogen) atoms. The van der Waals surface area contributed by atoms with Crippen LogP contribution < -0.4 is 15.0 Å². The van der Waals surface area contributed by atoms with Crippen LogP contribution in [0.5, 0.6) is 11.5 Å². The molecule has 0 spiro atoms. The summed E-state index contributed by atoms with van der Waals surface area (Å²) < 4.78 is 5.35. The summed E-state index contributed by atoms with van der Waals surface area (Å²) in [6.07, 6.45) is 1.35. The number of rotatable bonds is 4. The van der Waals surface area contributed by atoms with Crippen LogP contribution in [0.4, 0.5) is 10.5 Å². The topological polar surface area (TPSA) is 95.9 Å². The fourth-order valence-corrected chi connectivity index (χ4v) is 2.78. The number of imide groups is 2. The van der Waals surface area contributed by atoms with Crippen molar-refractivity contribution in [1.82, 2.24) is 5.32 Å². The Balaban J connectivity index is 1.96. The molecule has 1 fully saturated rings. The average molecular weight is 387 g/mol. The van der Waals surface area contributed by atoms with Crippen molar-refractivity contribution in [3.63, 3.8) is 0 Å². The molecule has 2 aromatic rings. The molecule has 0 aromatic heterocycles. The standard InChI is InChI=1S/C19H15ClN2O5/c1-2-27-16-8-3-11(10-15(16)20)9-14-17(24)21-19(26)22(18(14)25)12-4-6-13(23)7-5-12/h3-10,23H,2H2,1H3,(H,21,24,26)/b14-9+. The molecule has 1 aliphatic rings. The van der Waals surface area contributed by atoms with Gasteiger partial charge in [-0.3, -0.25) is 14.9 Å². The molecular weight excluding hydrogens is 372 g/mol. The minimum Gasteiger partial charge on any atom is -0.508 e. The maximum absolute atomic E-state index is 12.7. The van der Waals surface area contributed by atoms with Gasteiger partial charge in [-0.05, 0) is 55.0 Å². The number of phenolic OH excluding ortho intramolecular Hbond substituents is 1. The zero-order chi connectivity index (χ0) is 19.6. The maximum atomic E-state index is 12.7. The Bertz CT molecular complexity index is 953. The lowest BCUT2D eigenvalue weighted by Gasteiger charge is -2.26. The first-order valence-corrected chi connectivity index (χ1v) is 8.41. The lowest BCUT2D eigenvalue weighted by atomic mass is 10.1. The number of urea groups is 1. The summed E-state index contributed by atoms with van der Waals surface area (Å²) in [7, 11) is 0. The molecule has 0 aliphatic carbocycles. The van der Waals surface area contributed by atoms with Crippen molar-refractivity contribution in [3.05, 3.63) is 58.6 Å². The Kier molecular flexibility index (Phi) is 5.14. The van der Waals surface area contributed by atoms with E-state index in [1.54, 1.807) is 18.2 Å². The van der Waals surface area contributed by atoms with E-state index in [-0.39, 0.29) is 17.0 Å². The smallest absolute Gasteiger partial charge is 0.335 e. The number of nitrogens with zero attached hydrogens (tertiary/aromatic N) is 1. The van der Waals surface area contributed by atoms with Crippen LogP contribution in [-0.2, 0) is 9.59 Å². The highest BCUT2D eigenvalue weighted by molar-refractivity contribution is 6.39. The first-order valence-electron chi connectivity index (χ1n) is 8.03. The van der Waals surface area contributed by atoms with Gasteiger partial charge in [0.05, 0.1) is 17.3 Å². The normalized spacial score (nSPS) is 15.9. The molecule has 1 saturated heterocycles. The van der Waals surface area contributed by atoms with Crippen molar-refractivity contribution < 1.29 is 24.2 Å². The summed E-state index contributed by atoms with van der Waals surface area (Å²) in [5.74, 6) is -1.11. The van der Waals surface area contributed by atoms with Gasteiger partial charge in [-0.2, -0.15) is 0 Å². The van der Waals surface area contributed by atoms with Gasteiger partial charge in [0.15, 0.2) is 0 Å². The minimum atomic E-state index is -0.863. The van der Waals surface area contributed by atoms with Gasteiger partial charge in [0.2, 0.25) is 0 Å². The summed E-state index contributed by atoms with van der Waals surface area (Å²) in [4.78, 5) is 37.8. The second kappa shape index (κ2) is 7.51. The number of barbiturate groups is 1. The number of phenols is 1. The van der Waals surface area contributed by atoms with E-state index in [1.165, 1.54) is 30.3 Å². The van der Waals surface area contributed by atoms with E-state index in [2.05, 4.69) is 5.32 Å². The number of halogens is 1. The van der Waals surface area contributed by atoms with Crippen molar-refractivity contribution in [3.8, 4) is 11.5 Å². The Morgan fingerprint density at radius 2 is 1.85 bits per heavy atom. The molecule has 7 nitrogen and oxygen atoms in total. The Morgan fingerprint density at radius 3 is 2.48 bits per heavy atom. The van der Waals surface area contributed by atoms with Crippen LogP contribution in [0, 0.1) is 0 Å². The van der Waals surface area contributed by atoms with Crippen LogP contribution in [0.1, 0.15) is 12.5 Å². The maximum Gasteiger partial charge on any atom is 0.335 e. The number of hydrogen-bond acceptors (Lipinski definition) is 5. The van der Waals surface area contributed by atoms with Gasteiger partial charge < -0.3 is 9.84 Å². The van der Waals surface area contributed by atoms with E-state index < -0.39 is 17.8 Å². The molecule has 0 unspecified atom stereocenters. The molecule has 0 bridgehead atoms. The lowest BCUT2D eigenvalue weighted by molar-refractivity contribution is -0.122. The summed E-state index contributed by atoms with van der Waals surface area (Å²) in [5, 5.41) is 11.8. The molecular formula is C19H15ClN2O5. The third-order valence-electron chi connectivity index (χ3n) is 3.78. The van der Waals surface area contributed by atoms with E-state index in [4.69, 9.17) is 16.3 Å². The molecule has 2 aromatic carbocycles. The monoisotopic (exact) mass is 386 g/mol. The van der Waals surface area contributed by atoms with Crippen molar-refractivity contribution in [1.29, 1.82) is 0 Å². The molecule has 3 rings (SSSR count). The molecule has 0 atom stereocenters. The first-order chi connectivity index (χ1) is 12.9. The second-order valence-electron chi connectivity index (χ2n) is 5.60. The fraction of sp³-hybridized carbons (Fsp3) is 0.105. The average Bonchev–Trinajstić information content (AvgIpc) is 2.62. The van der Waals surface area contributed by atoms with Gasteiger partial charge in [-0.25, -0.2) is 9.69 Å². The predicted molar refractivity (Wildman–Crippen MR) is 99.7 cm³/mol. The highest BCUT2D eigenvalue weighted by Crippen LogP contribution is 2.28. The summed E-state index contributed by atoms with van der Waals surface area (Å²) in [6.45, 7) is 2.27. The highest BCUT2D eigenvalue weighted by Gasteiger charge is 2.36. The van der Waals surface area contributed by atoms with Crippen LogP contribution in [0.15, 0.2) is 48.0 Å². The zero-order valence-electron chi connectivity index (χ0n) is 14.2.